The highest BCUT2D eigenvalue weighted by molar-refractivity contribution is 5.97. The number of nitrogens with one attached hydrogen (secondary N) is 1. The lowest BCUT2D eigenvalue weighted by molar-refractivity contribution is -0.0789. The molecule has 1 aliphatic carbocycles. The summed E-state index contributed by atoms with van der Waals surface area (Å²) in [5.74, 6) is -0.666. The molecule has 1 unspecified atom stereocenters. The topological polar surface area (TPSA) is 72.8 Å². The van der Waals surface area contributed by atoms with E-state index in [1.807, 2.05) is 10.6 Å². The van der Waals surface area contributed by atoms with Crippen molar-refractivity contribution in [2.75, 3.05) is 31.6 Å². The highest BCUT2D eigenvalue weighted by Crippen LogP contribution is 2.42. The number of rotatable bonds is 4. The van der Waals surface area contributed by atoms with Gasteiger partial charge < -0.3 is 19.5 Å². The summed E-state index contributed by atoms with van der Waals surface area (Å²) in [7, 11) is 1.58. The second-order valence-electron chi connectivity index (χ2n) is 7.19. The molecule has 27 heavy (non-hydrogen) atoms. The summed E-state index contributed by atoms with van der Waals surface area (Å²) in [6.07, 6.45) is 3.26. The van der Waals surface area contributed by atoms with Crippen molar-refractivity contribution in [3.05, 3.63) is 34.1 Å². The van der Waals surface area contributed by atoms with Gasteiger partial charge >= 0.3 is 5.97 Å². The third-order valence-corrected chi connectivity index (χ3v) is 5.27. The average molecular weight is 375 g/mol. The lowest BCUT2D eigenvalue weighted by atomic mass is 10.1. The van der Waals surface area contributed by atoms with Gasteiger partial charge in [-0.3, -0.25) is 4.79 Å². The molecule has 7 nitrogen and oxygen atoms in total. The van der Waals surface area contributed by atoms with Crippen LogP contribution >= 0.6 is 0 Å². The predicted molar refractivity (Wildman–Crippen MR) is 99.2 cm³/mol. The van der Waals surface area contributed by atoms with Crippen LogP contribution in [0.15, 0.2) is 23.1 Å². The Morgan fingerprint density at radius 2 is 2.11 bits per heavy atom. The number of carbonyl (C=O) groups is 1. The normalized spacial score (nSPS) is 20.0. The molecule has 0 spiro atoms. The number of aromatic nitrogens is 1. The number of piperazine rings is 1. The number of halogens is 1. The fraction of sp³-hybridized carbons (Fsp3) is 0.474. The Hall–Kier alpha value is -2.61. The van der Waals surface area contributed by atoms with Crippen LogP contribution in [-0.2, 0) is 4.94 Å². The molecule has 1 aromatic heterocycles. The Bertz CT molecular complexity index is 954. The fourth-order valence-corrected chi connectivity index (χ4v) is 3.84. The van der Waals surface area contributed by atoms with E-state index in [0.29, 0.717) is 22.7 Å². The highest BCUT2D eigenvalue weighted by atomic mass is 19.3. The molecule has 0 radical (unpaired) electrons. The highest BCUT2D eigenvalue weighted by Gasteiger charge is 2.30. The predicted octanol–water partition coefficient (Wildman–Crippen LogP) is 2.18. The minimum Gasteiger partial charge on any atom is -0.492 e. The third kappa shape index (κ3) is 3.03. The van der Waals surface area contributed by atoms with Crippen molar-refractivity contribution in [2.24, 2.45) is 0 Å². The molecule has 1 saturated heterocycles. The first-order chi connectivity index (χ1) is 13.0. The van der Waals surface area contributed by atoms with Crippen molar-refractivity contribution in [2.45, 2.75) is 31.8 Å². The summed E-state index contributed by atoms with van der Waals surface area (Å²) in [5.41, 5.74) is 0.697. The number of nitrogens with zero attached hydrogens (tertiary/aromatic N) is 2. The Balaban J connectivity index is 1.96. The van der Waals surface area contributed by atoms with E-state index in [4.69, 9.17) is 4.74 Å². The van der Waals surface area contributed by atoms with E-state index in [-0.39, 0.29) is 11.6 Å². The Morgan fingerprint density at radius 1 is 1.33 bits per heavy atom. The maximum atomic E-state index is 12.8. The van der Waals surface area contributed by atoms with E-state index in [1.165, 1.54) is 6.20 Å². The van der Waals surface area contributed by atoms with Crippen LogP contribution in [0.5, 0.6) is 5.75 Å². The summed E-state index contributed by atoms with van der Waals surface area (Å²) >= 11 is 0. The zero-order chi connectivity index (χ0) is 19.1. The lowest BCUT2D eigenvalue weighted by Gasteiger charge is -2.34. The standard InChI is InChI=1S/C19H22FN3O4/c1-11-9-22(8-7-21-11)15-6-5-13-16(18(15)26-2)23(12-3-4-12)10-14(17(13)24)19(25)27-20/h5-6,10-12,21H,3-4,7-9H2,1-2H3. The molecule has 2 aromatic rings. The molecule has 2 fully saturated rings. The van der Waals surface area contributed by atoms with Crippen LogP contribution in [0.2, 0.25) is 0 Å². The first-order valence-corrected chi connectivity index (χ1v) is 9.12. The minimum absolute atomic E-state index is 0.158. The molecule has 1 aromatic carbocycles. The smallest absolute Gasteiger partial charge is 0.384 e. The molecule has 1 saturated carbocycles. The van der Waals surface area contributed by atoms with Gasteiger partial charge in [-0.1, -0.05) is 0 Å². The summed E-state index contributed by atoms with van der Waals surface area (Å²) in [4.78, 5) is 30.0. The van der Waals surface area contributed by atoms with Gasteiger partial charge in [0.1, 0.15) is 5.56 Å². The quantitative estimate of drug-likeness (QED) is 0.883. The van der Waals surface area contributed by atoms with E-state index in [1.54, 1.807) is 13.2 Å². The number of benzene rings is 1. The van der Waals surface area contributed by atoms with E-state index in [2.05, 4.69) is 22.1 Å². The lowest BCUT2D eigenvalue weighted by Crippen LogP contribution is -2.49. The second-order valence-corrected chi connectivity index (χ2v) is 7.19. The zero-order valence-electron chi connectivity index (χ0n) is 15.3. The average Bonchev–Trinajstić information content (AvgIpc) is 3.52. The van der Waals surface area contributed by atoms with E-state index in [0.717, 1.165) is 38.2 Å². The second kappa shape index (κ2) is 6.84. The SMILES string of the molecule is COc1c(N2CCNC(C)C2)ccc2c(=O)c(C(=O)OF)cn(C3CC3)c12. The van der Waals surface area contributed by atoms with Crippen molar-refractivity contribution in [1.29, 1.82) is 0 Å². The van der Waals surface area contributed by atoms with E-state index < -0.39 is 11.4 Å². The van der Waals surface area contributed by atoms with Crippen LogP contribution in [0.4, 0.5) is 10.2 Å². The van der Waals surface area contributed by atoms with Crippen LogP contribution in [0, 0.1) is 0 Å². The largest absolute Gasteiger partial charge is 0.492 e. The van der Waals surface area contributed by atoms with Gasteiger partial charge in [0.05, 0.1) is 23.7 Å². The van der Waals surface area contributed by atoms with Crippen LogP contribution in [-0.4, -0.2) is 43.3 Å². The molecule has 8 heteroatoms. The van der Waals surface area contributed by atoms with Crippen molar-refractivity contribution < 1.29 is 19.0 Å². The Labute approximate surface area is 155 Å². The fourth-order valence-electron chi connectivity index (χ4n) is 3.84. The van der Waals surface area contributed by atoms with Crippen molar-refractivity contribution in [1.82, 2.24) is 9.88 Å². The van der Waals surface area contributed by atoms with Gasteiger partial charge in [0.25, 0.3) is 0 Å². The first kappa shape index (κ1) is 17.8. The monoisotopic (exact) mass is 375 g/mol. The van der Waals surface area contributed by atoms with Crippen molar-refractivity contribution >= 4 is 22.6 Å². The van der Waals surface area contributed by atoms with Gasteiger partial charge in [0.2, 0.25) is 5.43 Å². The Kier molecular flexibility index (Phi) is 4.51. The van der Waals surface area contributed by atoms with Gasteiger partial charge in [-0.2, -0.15) is 0 Å². The number of hydrogen-bond donors (Lipinski definition) is 1. The number of methoxy groups -OCH3 is 1. The minimum atomic E-state index is -1.27. The third-order valence-electron chi connectivity index (χ3n) is 5.27. The zero-order valence-corrected chi connectivity index (χ0v) is 15.3. The summed E-state index contributed by atoms with van der Waals surface area (Å²) in [5, 5.41) is 3.73. The summed E-state index contributed by atoms with van der Waals surface area (Å²) in [6.45, 7) is 4.63. The number of carbonyl (C=O) groups excluding carboxylic acids is 1. The van der Waals surface area contributed by atoms with Gasteiger partial charge in [0.15, 0.2) is 5.75 Å². The van der Waals surface area contributed by atoms with Crippen molar-refractivity contribution in [3.8, 4) is 5.75 Å². The molecule has 0 bridgehead atoms. The molecule has 144 valence electrons. The molecule has 4 rings (SSSR count). The van der Waals surface area contributed by atoms with E-state index in [9.17, 15) is 14.1 Å². The van der Waals surface area contributed by atoms with E-state index >= 15 is 0 Å². The Morgan fingerprint density at radius 3 is 2.74 bits per heavy atom. The first-order valence-electron chi connectivity index (χ1n) is 9.12. The molecule has 1 aliphatic heterocycles. The maximum Gasteiger partial charge on any atom is 0.384 e. The van der Waals surface area contributed by atoms with Gasteiger partial charge in [-0.25, -0.2) is 9.74 Å². The molecule has 0 amide bonds. The van der Waals surface area contributed by atoms with Crippen LogP contribution in [0.1, 0.15) is 36.2 Å². The summed E-state index contributed by atoms with van der Waals surface area (Å²) < 4.78 is 20.0. The van der Waals surface area contributed by atoms with Crippen LogP contribution < -0.4 is 20.4 Å². The molecule has 1 N–H and O–H groups in total. The molecule has 2 aliphatic rings. The maximum absolute atomic E-state index is 12.8. The molecular formula is C19H22FN3O4. The molecule has 2 heterocycles. The van der Waals surface area contributed by atoms with Crippen molar-refractivity contribution in [3.63, 3.8) is 0 Å². The van der Waals surface area contributed by atoms with Gasteiger partial charge in [-0.15, -0.1) is 0 Å². The summed E-state index contributed by atoms with van der Waals surface area (Å²) in [6, 6.07) is 4.02. The number of hydrogen-bond acceptors (Lipinski definition) is 6. The van der Waals surface area contributed by atoms with Gasteiger partial charge in [-0.05, 0) is 31.9 Å². The number of fused-ring (bicyclic) bond motifs is 1. The van der Waals surface area contributed by atoms with Crippen LogP contribution in [0.3, 0.4) is 0 Å². The van der Waals surface area contributed by atoms with Crippen LogP contribution in [0.25, 0.3) is 10.9 Å². The molecule has 1 atom stereocenters. The number of pyridine rings is 1. The molecular weight excluding hydrogens is 353 g/mol. The number of ether oxygens (including phenoxy) is 1. The van der Waals surface area contributed by atoms with Gasteiger partial charge in [0, 0.05) is 42.4 Å². The number of anilines is 1.